The molecular formula is C20H17F4N7OS. The Morgan fingerprint density at radius 1 is 1.15 bits per heavy atom. The zero-order chi connectivity index (χ0) is 23.3. The van der Waals surface area contributed by atoms with Crippen molar-refractivity contribution in [1.82, 2.24) is 24.5 Å². The molecular weight excluding hydrogens is 462 g/mol. The average molecular weight is 479 g/mol. The molecule has 8 nitrogen and oxygen atoms in total. The first-order valence-corrected chi connectivity index (χ1v) is 10.9. The molecule has 1 aliphatic carbocycles. The number of nitrogens with zero attached hydrogens (tertiary/aromatic N) is 5. The van der Waals surface area contributed by atoms with E-state index in [1.54, 1.807) is 10.6 Å². The van der Waals surface area contributed by atoms with E-state index >= 15 is 0 Å². The molecule has 1 fully saturated rings. The number of rotatable bonds is 3. The van der Waals surface area contributed by atoms with Crippen molar-refractivity contribution in [3.63, 3.8) is 0 Å². The van der Waals surface area contributed by atoms with Gasteiger partial charge in [-0.15, -0.1) is 0 Å². The summed E-state index contributed by atoms with van der Waals surface area (Å²) >= 11 is 1.20. The molecule has 0 atom stereocenters. The molecule has 0 saturated heterocycles. The van der Waals surface area contributed by atoms with Crippen LogP contribution in [0.4, 0.5) is 28.5 Å². The number of alkyl halides is 3. The maximum absolute atomic E-state index is 13.4. The first-order chi connectivity index (χ1) is 15.7. The lowest BCUT2D eigenvalue weighted by Gasteiger charge is -2.28. The molecule has 0 unspecified atom stereocenters. The summed E-state index contributed by atoms with van der Waals surface area (Å²) in [4.78, 5) is 28.1. The van der Waals surface area contributed by atoms with Crippen LogP contribution in [0.2, 0.25) is 0 Å². The van der Waals surface area contributed by atoms with Gasteiger partial charge in [-0.1, -0.05) is 11.3 Å². The van der Waals surface area contributed by atoms with Gasteiger partial charge in [0.05, 0.1) is 16.5 Å². The Kier molecular flexibility index (Phi) is 5.15. The van der Waals surface area contributed by atoms with Crippen LogP contribution in [-0.2, 0) is 11.0 Å². The Labute approximate surface area is 187 Å². The fourth-order valence-electron chi connectivity index (χ4n) is 4.11. The van der Waals surface area contributed by atoms with Gasteiger partial charge in [0.15, 0.2) is 16.6 Å². The predicted molar refractivity (Wildman–Crippen MR) is 114 cm³/mol. The van der Waals surface area contributed by atoms with Crippen LogP contribution in [0, 0.1) is 11.7 Å². The highest BCUT2D eigenvalue weighted by molar-refractivity contribution is 7.22. The monoisotopic (exact) mass is 479 g/mol. The highest BCUT2D eigenvalue weighted by Gasteiger charge is 2.36. The highest BCUT2D eigenvalue weighted by Crippen LogP contribution is 2.36. The molecule has 33 heavy (non-hydrogen) atoms. The molecule has 0 bridgehead atoms. The molecule has 3 N–H and O–H groups in total. The summed E-state index contributed by atoms with van der Waals surface area (Å²) in [6.45, 7) is 0. The number of imidazole rings is 1. The molecule has 1 saturated carbocycles. The molecule has 0 aliphatic heterocycles. The van der Waals surface area contributed by atoms with Crippen LogP contribution in [0.5, 0.6) is 0 Å². The molecule has 1 aliphatic rings. The van der Waals surface area contributed by atoms with E-state index in [1.807, 2.05) is 0 Å². The third-order valence-electron chi connectivity index (χ3n) is 5.74. The van der Waals surface area contributed by atoms with Gasteiger partial charge in [0.25, 0.3) is 0 Å². The van der Waals surface area contributed by atoms with E-state index in [-0.39, 0.29) is 40.7 Å². The van der Waals surface area contributed by atoms with Crippen molar-refractivity contribution in [2.24, 2.45) is 5.92 Å². The number of aromatic nitrogens is 5. The van der Waals surface area contributed by atoms with Crippen molar-refractivity contribution in [2.75, 3.05) is 11.1 Å². The first-order valence-electron chi connectivity index (χ1n) is 10.1. The molecule has 172 valence electrons. The maximum atomic E-state index is 13.4. The van der Waals surface area contributed by atoms with E-state index in [0.29, 0.717) is 41.0 Å². The van der Waals surface area contributed by atoms with Crippen LogP contribution in [-0.4, -0.2) is 30.4 Å². The SMILES string of the molecule is Nc1nc(C(F)(F)F)nc2c1ncn2[C@H]1CC[C@@H](C(=O)Nc2nc3ccc(F)cc3s2)CC1. The van der Waals surface area contributed by atoms with Crippen LogP contribution in [0.25, 0.3) is 21.4 Å². The number of thiazole rings is 1. The number of anilines is 2. The quantitative estimate of drug-likeness (QED) is 0.417. The smallest absolute Gasteiger partial charge is 0.382 e. The number of nitrogens with two attached hydrogens (primary N) is 1. The van der Waals surface area contributed by atoms with Crippen LogP contribution < -0.4 is 11.1 Å². The minimum atomic E-state index is -4.72. The van der Waals surface area contributed by atoms with Gasteiger partial charge in [0.1, 0.15) is 11.3 Å². The summed E-state index contributed by atoms with van der Waals surface area (Å²) in [6.07, 6.45) is -1.13. The second-order valence-electron chi connectivity index (χ2n) is 7.88. The normalized spacial score (nSPS) is 19.3. The Morgan fingerprint density at radius 3 is 2.64 bits per heavy atom. The summed E-state index contributed by atoms with van der Waals surface area (Å²) in [5, 5.41) is 3.19. The largest absolute Gasteiger partial charge is 0.451 e. The first kappa shape index (κ1) is 21.5. The summed E-state index contributed by atoms with van der Waals surface area (Å²) in [6, 6.07) is 4.06. The molecule has 3 aromatic heterocycles. The minimum Gasteiger partial charge on any atom is -0.382 e. The molecule has 0 radical (unpaired) electrons. The second kappa shape index (κ2) is 7.90. The minimum absolute atomic E-state index is 0.0319. The van der Waals surface area contributed by atoms with Crippen molar-refractivity contribution in [3.05, 3.63) is 36.2 Å². The van der Waals surface area contributed by atoms with E-state index in [0.717, 1.165) is 0 Å². The van der Waals surface area contributed by atoms with Gasteiger partial charge < -0.3 is 15.6 Å². The van der Waals surface area contributed by atoms with Gasteiger partial charge in [-0.3, -0.25) is 4.79 Å². The number of carbonyl (C=O) groups is 1. The zero-order valence-electron chi connectivity index (χ0n) is 16.9. The Balaban J connectivity index is 1.29. The van der Waals surface area contributed by atoms with Crippen LogP contribution in [0.1, 0.15) is 37.5 Å². The Morgan fingerprint density at radius 2 is 1.91 bits per heavy atom. The molecule has 3 heterocycles. The fourth-order valence-corrected chi connectivity index (χ4v) is 5.00. The number of fused-ring (bicyclic) bond motifs is 2. The van der Waals surface area contributed by atoms with Crippen LogP contribution >= 0.6 is 11.3 Å². The molecule has 1 amide bonds. The highest BCUT2D eigenvalue weighted by atomic mass is 32.1. The van der Waals surface area contributed by atoms with E-state index in [2.05, 4.69) is 25.3 Å². The van der Waals surface area contributed by atoms with E-state index < -0.39 is 12.0 Å². The maximum Gasteiger partial charge on any atom is 0.451 e. The van der Waals surface area contributed by atoms with Gasteiger partial charge in [0.2, 0.25) is 11.7 Å². The number of nitrogens with one attached hydrogen (secondary N) is 1. The van der Waals surface area contributed by atoms with E-state index in [1.165, 1.54) is 29.8 Å². The van der Waals surface area contributed by atoms with Crippen LogP contribution in [0.15, 0.2) is 24.5 Å². The van der Waals surface area contributed by atoms with Crippen molar-refractivity contribution in [3.8, 4) is 0 Å². The predicted octanol–water partition coefficient (Wildman–Crippen LogP) is 4.55. The summed E-state index contributed by atoms with van der Waals surface area (Å²) in [5.74, 6) is -2.46. The lowest BCUT2D eigenvalue weighted by atomic mass is 9.85. The third kappa shape index (κ3) is 4.08. The lowest BCUT2D eigenvalue weighted by molar-refractivity contribution is -0.144. The standard InChI is InChI=1S/C20H17F4N7OS/c21-10-3-6-12-13(7-10)33-19(27-12)30-17(32)9-1-4-11(5-2-9)31-8-26-14-15(25)28-18(20(22,23)24)29-16(14)31/h3,6-9,11H,1-2,4-5H2,(H2,25,28,29)(H,27,30,32)/t9-,11+. The number of carbonyl (C=O) groups excluding carboxylic acids is 1. The van der Waals surface area contributed by atoms with Crippen LogP contribution in [0.3, 0.4) is 0 Å². The van der Waals surface area contributed by atoms with Crippen molar-refractivity contribution < 1.29 is 22.4 Å². The van der Waals surface area contributed by atoms with E-state index in [9.17, 15) is 22.4 Å². The molecule has 0 spiro atoms. The molecule has 1 aromatic carbocycles. The van der Waals surface area contributed by atoms with Gasteiger partial charge in [-0.2, -0.15) is 13.2 Å². The van der Waals surface area contributed by atoms with Crippen molar-refractivity contribution >= 4 is 49.6 Å². The van der Waals surface area contributed by atoms with E-state index in [4.69, 9.17) is 5.73 Å². The fraction of sp³-hybridized carbons (Fsp3) is 0.350. The number of hydrogen-bond donors (Lipinski definition) is 2. The lowest BCUT2D eigenvalue weighted by Crippen LogP contribution is -2.28. The van der Waals surface area contributed by atoms with Crippen molar-refractivity contribution in [1.29, 1.82) is 0 Å². The molecule has 13 heteroatoms. The molecule has 4 aromatic rings. The second-order valence-corrected chi connectivity index (χ2v) is 8.91. The number of hydrogen-bond acceptors (Lipinski definition) is 7. The van der Waals surface area contributed by atoms with Gasteiger partial charge in [0, 0.05) is 12.0 Å². The summed E-state index contributed by atoms with van der Waals surface area (Å²) in [7, 11) is 0. The van der Waals surface area contributed by atoms with Gasteiger partial charge in [-0.25, -0.2) is 24.3 Å². The number of benzene rings is 1. The third-order valence-corrected chi connectivity index (χ3v) is 6.68. The average Bonchev–Trinajstić information content (AvgIpc) is 3.36. The molecule has 5 rings (SSSR count). The summed E-state index contributed by atoms with van der Waals surface area (Å²) in [5.41, 5.74) is 6.42. The summed E-state index contributed by atoms with van der Waals surface area (Å²) < 4.78 is 54.9. The number of halogens is 4. The van der Waals surface area contributed by atoms with Gasteiger partial charge >= 0.3 is 6.18 Å². The number of amides is 1. The number of nitrogen functional groups attached to an aromatic ring is 1. The Bertz CT molecular complexity index is 1360. The van der Waals surface area contributed by atoms with Crippen molar-refractivity contribution in [2.45, 2.75) is 37.9 Å². The van der Waals surface area contributed by atoms with Gasteiger partial charge in [-0.05, 0) is 43.9 Å². The topological polar surface area (TPSA) is 112 Å². The Hall–Kier alpha value is -3.35. The zero-order valence-corrected chi connectivity index (χ0v) is 17.8.